The molecule has 3 heteroatoms. The number of hydrogen-bond donors (Lipinski definition) is 0. The van der Waals surface area contributed by atoms with Gasteiger partial charge in [-0.1, -0.05) is 19.9 Å². The smallest absolute Gasteiger partial charge is 0.0907 e. The van der Waals surface area contributed by atoms with E-state index in [0.717, 1.165) is 17.1 Å². The quantitative estimate of drug-likeness (QED) is 0.790. The second-order valence-corrected chi connectivity index (χ2v) is 5.01. The average Bonchev–Trinajstić information content (AvgIpc) is 2.59. The van der Waals surface area contributed by atoms with Crippen LogP contribution in [0.2, 0.25) is 0 Å². The molecule has 0 saturated heterocycles. The van der Waals surface area contributed by atoms with Gasteiger partial charge in [0.05, 0.1) is 15.2 Å². The van der Waals surface area contributed by atoms with Gasteiger partial charge in [0.2, 0.25) is 0 Å². The lowest BCUT2D eigenvalue weighted by Gasteiger charge is -2.08. The molecule has 2 aromatic rings. The third-order valence-corrected chi connectivity index (χ3v) is 2.99. The number of benzene rings is 1. The van der Waals surface area contributed by atoms with E-state index < -0.39 is 0 Å². The van der Waals surface area contributed by atoms with Gasteiger partial charge in [0.1, 0.15) is 0 Å². The number of nitrogens with zero attached hydrogens (tertiary/aromatic N) is 2. The van der Waals surface area contributed by atoms with Crippen LogP contribution < -0.4 is 0 Å². The van der Waals surface area contributed by atoms with Gasteiger partial charge in [0.25, 0.3) is 0 Å². The van der Waals surface area contributed by atoms with Crippen LogP contribution in [0.25, 0.3) is 10.2 Å². The molecule has 1 heterocycles. The number of aromatic nitrogens is 1. The number of thiazole rings is 1. The molecule has 0 saturated carbocycles. The number of rotatable bonds is 2. The van der Waals surface area contributed by atoms with Crippen LogP contribution in [0.4, 0.5) is 0 Å². The average molecular weight is 236 g/mol. The molecule has 2 nitrogen and oxygen atoms in total. The van der Waals surface area contributed by atoms with Crippen molar-refractivity contribution < 1.29 is 0 Å². The van der Waals surface area contributed by atoms with E-state index in [9.17, 15) is 0 Å². The Bertz CT molecular complexity index is 446. The van der Waals surface area contributed by atoms with Crippen LogP contribution in [0, 0.1) is 6.92 Å². The fourth-order valence-electron chi connectivity index (χ4n) is 1.55. The van der Waals surface area contributed by atoms with Gasteiger partial charge in [-0.2, -0.15) is 0 Å². The molecule has 0 atom stereocenters. The highest BCUT2D eigenvalue weighted by Gasteiger charge is 2.01. The Hall–Kier alpha value is -0.930. The summed E-state index contributed by atoms with van der Waals surface area (Å²) in [5.74, 6) is 0. The zero-order valence-electron chi connectivity index (χ0n) is 10.7. The molecule has 0 aliphatic heterocycles. The van der Waals surface area contributed by atoms with Gasteiger partial charge in [-0.15, -0.1) is 11.3 Å². The van der Waals surface area contributed by atoms with Crippen molar-refractivity contribution in [3.63, 3.8) is 0 Å². The fourth-order valence-corrected chi connectivity index (χ4v) is 2.44. The van der Waals surface area contributed by atoms with Gasteiger partial charge in [0, 0.05) is 6.54 Å². The monoisotopic (exact) mass is 236 g/mol. The predicted molar refractivity (Wildman–Crippen MR) is 73.1 cm³/mol. The normalized spacial score (nSPS) is 10.4. The van der Waals surface area contributed by atoms with E-state index in [0.29, 0.717) is 0 Å². The van der Waals surface area contributed by atoms with Gasteiger partial charge in [0.15, 0.2) is 0 Å². The first kappa shape index (κ1) is 13.1. The maximum atomic E-state index is 4.44. The highest BCUT2D eigenvalue weighted by molar-refractivity contribution is 7.18. The number of aryl methyl sites for hydroxylation is 1. The lowest BCUT2D eigenvalue weighted by molar-refractivity contribution is 0.403. The van der Waals surface area contributed by atoms with Gasteiger partial charge in [-0.25, -0.2) is 4.98 Å². The molecule has 88 valence electrons. The summed E-state index contributed by atoms with van der Waals surface area (Å²) in [6, 6.07) is 6.50. The number of hydrogen-bond acceptors (Lipinski definition) is 3. The van der Waals surface area contributed by atoms with Crippen molar-refractivity contribution in [1.82, 2.24) is 9.88 Å². The summed E-state index contributed by atoms with van der Waals surface area (Å²) in [7, 11) is 4.17. The van der Waals surface area contributed by atoms with Crippen LogP contribution in [-0.2, 0) is 6.54 Å². The minimum absolute atomic E-state index is 0.993. The maximum Gasteiger partial charge on any atom is 0.0907 e. The summed E-state index contributed by atoms with van der Waals surface area (Å²) in [5, 5.41) is 1.14. The first-order valence-corrected chi connectivity index (χ1v) is 6.47. The second-order valence-electron chi connectivity index (χ2n) is 3.77. The van der Waals surface area contributed by atoms with Crippen LogP contribution in [0.1, 0.15) is 24.4 Å². The Morgan fingerprint density at radius 3 is 2.56 bits per heavy atom. The molecule has 1 aromatic carbocycles. The van der Waals surface area contributed by atoms with Crippen LogP contribution in [0.5, 0.6) is 0 Å². The minimum Gasteiger partial charge on any atom is -0.305 e. The third kappa shape index (κ3) is 3.29. The SMILES string of the molecule is CC.Cc1nc2ccc(CN(C)C)cc2s1. The van der Waals surface area contributed by atoms with E-state index in [4.69, 9.17) is 0 Å². The standard InChI is InChI=1S/C11H14N2S.C2H6/c1-8-12-10-5-4-9(7-13(2)3)6-11(10)14-8;1-2/h4-6H,7H2,1-3H3;1-2H3. The molecule has 16 heavy (non-hydrogen) atoms. The van der Waals surface area contributed by atoms with Crippen LogP contribution in [-0.4, -0.2) is 24.0 Å². The molecule has 0 radical (unpaired) electrons. The first-order chi connectivity index (χ1) is 7.65. The van der Waals surface area contributed by atoms with E-state index in [1.165, 1.54) is 10.3 Å². The summed E-state index contributed by atoms with van der Waals surface area (Å²) in [4.78, 5) is 6.61. The molecule has 0 amide bonds. The highest BCUT2D eigenvalue weighted by atomic mass is 32.1. The summed E-state index contributed by atoms with van der Waals surface area (Å²) < 4.78 is 1.29. The van der Waals surface area contributed by atoms with Crippen molar-refractivity contribution in [2.75, 3.05) is 14.1 Å². The van der Waals surface area contributed by atoms with E-state index in [-0.39, 0.29) is 0 Å². The van der Waals surface area contributed by atoms with Gasteiger partial charge >= 0.3 is 0 Å². The topological polar surface area (TPSA) is 16.1 Å². The molecular weight excluding hydrogens is 216 g/mol. The van der Waals surface area contributed by atoms with Crippen molar-refractivity contribution in [1.29, 1.82) is 0 Å². The van der Waals surface area contributed by atoms with Crippen molar-refractivity contribution in [2.24, 2.45) is 0 Å². The van der Waals surface area contributed by atoms with Gasteiger partial charge < -0.3 is 4.90 Å². The summed E-state index contributed by atoms with van der Waals surface area (Å²) in [6.07, 6.45) is 0. The number of fused-ring (bicyclic) bond motifs is 1. The fraction of sp³-hybridized carbons (Fsp3) is 0.462. The third-order valence-electron chi connectivity index (χ3n) is 2.06. The van der Waals surface area contributed by atoms with Crippen molar-refractivity contribution >= 4 is 21.6 Å². The molecule has 1 aromatic heterocycles. The minimum atomic E-state index is 0.993. The van der Waals surface area contributed by atoms with Crippen molar-refractivity contribution in [2.45, 2.75) is 27.3 Å². The molecule has 0 unspecified atom stereocenters. The largest absolute Gasteiger partial charge is 0.305 e. The second kappa shape index (κ2) is 5.97. The Balaban J connectivity index is 0.000000606. The Labute approximate surface area is 102 Å². The van der Waals surface area contributed by atoms with Gasteiger partial charge in [-0.3, -0.25) is 0 Å². The Morgan fingerprint density at radius 1 is 1.25 bits per heavy atom. The lowest BCUT2D eigenvalue weighted by Crippen LogP contribution is -2.10. The molecule has 0 aliphatic carbocycles. The molecule has 0 aliphatic rings. The highest BCUT2D eigenvalue weighted by Crippen LogP contribution is 2.22. The van der Waals surface area contributed by atoms with E-state index in [1.54, 1.807) is 11.3 Å². The van der Waals surface area contributed by atoms with E-state index in [1.807, 2.05) is 13.8 Å². The van der Waals surface area contributed by atoms with Crippen molar-refractivity contribution in [3.05, 3.63) is 28.8 Å². The summed E-state index contributed by atoms with van der Waals surface area (Å²) in [5.41, 5.74) is 2.47. The van der Waals surface area contributed by atoms with Crippen molar-refractivity contribution in [3.8, 4) is 0 Å². The molecular formula is C13H20N2S. The van der Waals surface area contributed by atoms with E-state index in [2.05, 4.69) is 49.1 Å². The molecule has 0 bridgehead atoms. The molecule has 2 rings (SSSR count). The lowest BCUT2D eigenvalue weighted by atomic mass is 10.2. The maximum absolute atomic E-state index is 4.44. The van der Waals surface area contributed by atoms with Crippen LogP contribution >= 0.6 is 11.3 Å². The zero-order valence-corrected chi connectivity index (χ0v) is 11.6. The van der Waals surface area contributed by atoms with Gasteiger partial charge in [-0.05, 0) is 38.7 Å². The van der Waals surface area contributed by atoms with Crippen LogP contribution in [0.3, 0.4) is 0 Å². The molecule has 0 fully saturated rings. The summed E-state index contributed by atoms with van der Waals surface area (Å²) >= 11 is 1.76. The Kier molecular flexibility index (Phi) is 4.90. The molecule has 0 spiro atoms. The predicted octanol–water partition coefficient (Wildman–Crippen LogP) is 3.69. The zero-order chi connectivity index (χ0) is 12.1. The van der Waals surface area contributed by atoms with Crippen LogP contribution in [0.15, 0.2) is 18.2 Å². The first-order valence-electron chi connectivity index (χ1n) is 5.66. The Morgan fingerprint density at radius 2 is 1.94 bits per heavy atom. The van der Waals surface area contributed by atoms with E-state index >= 15 is 0 Å². The summed E-state index contributed by atoms with van der Waals surface area (Å²) in [6.45, 7) is 7.04. The molecule has 0 N–H and O–H groups in total.